The molecule has 0 radical (unpaired) electrons. The maximum atomic E-state index is 12.7. The van der Waals surface area contributed by atoms with Crippen LogP contribution in [0.15, 0.2) is 24.3 Å². The summed E-state index contributed by atoms with van der Waals surface area (Å²) in [5.41, 5.74) is 10.5. The highest BCUT2D eigenvalue weighted by molar-refractivity contribution is 5.87. The van der Waals surface area contributed by atoms with E-state index in [1.807, 2.05) is 0 Å². The number of ether oxygens (including phenoxy) is 1. The molecule has 0 spiro atoms. The van der Waals surface area contributed by atoms with Crippen molar-refractivity contribution in [2.75, 3.05) is 20.2 Å². The van der Waals surface area contributed by atoms with E-state index in [4.69, 9.17) is 16.2 Å². The lowest BCUT2D eigenvalue weighted by atomic mass is 10.2. The topological polar surface area (TPSA) is 98.7 Å². The molecule has 0 heterocycles. The highest BCUT2D eigenvalue weighted by Crippen LogP contribution is 2.10. The second-order valence-corrected chi connectivity index (χ2v) is 4.34. The summed E-state index contributed by atoms with van der Waals surface area (Å²) in [6.07, 6.45) is -0.192. The molecular weight excluding hydrogens is 301 g/mol. The number of halogens is 2. The van der Waals surface area contributed by atoms with Crippen molar-refractivity contribution in [3.8, 4) is 5.75 Å². The van der Waals surface area contributed by atoms with Crippen molar-refractivity contribution >= 4 is 24.2 Å². The third kappa shape index (κ3) is 6.92. The van der Waals surface area contributed by atoms with Crippen LogP contribution in [0.3, 0.4) is 0 Å². The zero-order valence-electron chi connectivity index (χ0n) is 11.6. The first-order valence-electron chi connectivity index (χ1n) is 6.07. The second kappa shape index (κ2) is 9.15. The van der Waals surface area contributed by atoms with E-state index in [2.05, 4.69) is 0 Å². The summed E-state index contributed by atoms with van der Waals surface area (Å²) in [7, 11) is 1.55. The number of rotatable bonds is 7. The van der Waals surface area contributed by atoms with E-state index in [1.54, 1.807) is 7.05 Å². The zero-order valence-corrected chi connectivity index (χ0v) is 12.4. The molecule has 0 aliphatic carbocycles. The van der Waals surface area contributed by atoms with Crippen LogP contribution in [0, 0.1) is 5.82 Å². The Kier molecular flexibility index (Phi) is 8.34. The smallest absolute Gasteiger partial charge is 0.239 e. The third-order valence-corrected chi connectivity index (χ3v) is 2.62. The van der Waals surface area contributed by atoms with Crippen LogP contribution in [-0.4, -0.2) is 43.0 Å². The van der Waals surface area contributed by atoms with Gasteiger partial charge in [0, 0.05) is 7.05 Å². The fraction of sp³-hybridized carbons (Fsp3) is 0.385. The number of likely N-dealkylation sites (N-methyl/N-ethyl adjacent to an activating group) is 1. The van der Waals surface area contributed by atoms with E-state index in [1.165, 1.54) is 29.2 Å². The Morgan fingerprint density at radius 1 is 1.33 bits per heavy atom. The van der Waals surface area contributed by atoms with Gasteiger partial charge in [0.25, 0.3) is 0 Å². The van der Waals surface area contributed by atoms with Crippen molar-refractivity contribution in [2.24, 2.45) is 11.5 Å². The average Bonchev–Trinajstić information content (AvgIpc) is 2.39. The molecule has 0 aromatic heterocycles. The van der Waals surface area contributed by atoms with Crippen LogP contribution < -0.4 is 16.2 Å². The number of benzene rings is 1. The summed E-state index contributed by atoms with van der Waals surface area (Å²) < 4.78 is 18.0. The van der Waals surface area contributed by atoms with Crippen LogP contribution in [0.4, 0.5) is 4.39 Å². The molecular formula is C13H19ClFN3O3. The number of nitrogens with two attached hydrogens (primary N) is 2. The van der Waals surface area contributed by atoms with Gasteiger partial charge in [-0.25, -0.2) is 4.39 Å². The van der Waals surface area contributed by atoms with Gasteiger partial charge in [-0.2, -0.15) is 0 Å². The molecule has 6 nitrogen and oxygen atoms in total. The lowest BCUT2D eigenvalue weighted by Crippen LogP contribution is -2.45. The number of carbonyl (C=O) groups excluding carboxylic acids is 2. The lowest BCUT2D eigenvalue weighted by Gasteiger charge is -2.20. The van der Waals surface area contributed by atoms with Crippen LogP contribution in [0.5, 0.6) is 5.75 Å². The molecule has 1 aromatic rings. The molecule has 0 aliphatic rings. The minimum atomic E-state index is -0.941. The van der Waals surface area contributed by atoms with Gasteiger partial charge in [-0.05, 0) is 24.3 Å². The normalized spacial score (nSPS) is 11.2. The van der Waals surface area contributed by atoms with Crippen LogP contribution in [-0.2, 0) is 9.59 Å². The van der Waals surface area contributed by atoms with Crippen molar-refractivity contribution < 1.29 is 18.7 Å². The van der Waals surface area contributed by atoms with Gasteiger partial charge in [0.05, 0.1) is 19.0 Å². The summed E-state index contributed by atoms with van der Waals surface area (Å²) in [4.78, 5) is 23.8. The van der Waals surface area contributed by atoms with Gasteiger partial charge in [0.2, 0.25) is 11.8 Å². The Hall–Kier alpha value is -1.86. The standard InChI is InChI=1S/C13H18FN3O3.ClH/c1-17(13(19)11(15)8-12(16)18)6-7-20-10-4-2-9(14)3-5-10;/h2-5,11H,6-8,15H2,1H3,(H2,16,18);1H. The molecule has 1 aromatic carbocycles. The highest BCUT2D eigenvalue weighted by Gasteiger charge is 2.19. The summed E-state index contributed by atoms with van der Waals surface area (Å²) >= 11 is 0. The SMILES string of the molecule is CN(CCOc1ccc(F)cc1)C(=O)C(N)CC(N)=O.Cl. The first-order valence-corrected chi connectivity index (χ1v) is 6.07. The zero-order chi connectivity index (χ0) is 15.1. The summed E-state index contributed by atoms with van der Waals surface area (Å²) in [5, 5.41) is 0. The van der Waals surface area contributed by atoms with Gasteiger partial charge in [-0.15, -0.1) is 12.4 Å². The highest BCUT2D eigenvalue weighted by atomic mass is 35.5. The van der Waals surface area contributed by atoms with Gasteiger partial charge >= 0.3 is 0 Å². The van der Waals surface area contributed by atoms with Crippen molar-refractivity contribution in [1.82, 2.24) is 4.90 Å². The maximum Gasteiger partial charge on any atom is 0.239 e. The van der Waals surface area contributed by atoms with Crippen LogP contribution in [0.25, 0.3) is 0 Å². The molecule has 8 heteroatoms. The van der Waals surface area contributed by atoms with Gasteiger partial charge < -0.3 is 21.1 Å². The van der Waals surface area contributed by atoms with Gasteiger partial charge in [0.15, 0.2) is 0 Å². The first kappa shape index (κ1) is 19.1. The minimum absolute atomic E-state index is 0. The molecule has 1 rings (SSSR count). The number of hydrogen-bond donors (Lipinski definition) is 2. The van der Waals surface area contributed by atoms with E-state index >= 15 is 0 Å². The Labute approximate surface area is 128 Å². The van der Waals surface area contributed by atoms with Crippen LogP contribution in [0.1, 0.15) is 6.42 Å². The Bertz CT molecular complexity index is 470. The first-order chi connectivity index (χ1) is 9.40. The number of carbonyl (C=O) groups is 2. The van der Waals surface area contributed by atoms with Crippen molar-refractivity contribution in [1.29, 1.82) is 0 Å². The molecule has 1 unspecified atom stereocenters. The third-order valence-electron chi connectivity index (χ3n) is 2.62. The van der Waals surface area contributed by atoms with E-state index in [9.17, 15) is 14.0 Å². The minimum Gasteiger partial charge on any atom is -0.492 e. The lowest BCUT2D eigenvalue weighted by molar-refractivity contribution is -0.133. The average molecular weight is 320 g/mol. The molecule has 1 atom stereocenters. The predicted molar refractivity (Wildman–Crippen MR) is 78.6 cm³/mol. The molecule has 4 N–H and O–H groups in total. The summed E-state index contributed by atoms with van der Waals surface area (Å²) in [5.74, 6) is -0.843. The molecule has 0 saturated carbocycles. The molecule has 0 fully saturated rings. The predicted octanol–water partition coefficient (Wildman–Crippen LogP) is 0.287. The van der Waals surface area contributed by atoms with E-state index in [-0.39, 0.29) is 37.2 Å². The summed E-state index contributed by atoms with van der Waals surface area (Å²) in [6.45, 7) is 0.528. The number of hydrogen-bond acceptors (Lipinski definition) is 4. The van der Waals surface area contributed by atoms with Crippen LogP contribution in [0.2, 0.25) is 0 Å². The largest absolute Gasteiger partial charge is 0.492 e. The quantitative estimate of drug-likeness (QED) is 0.754. The van der Waals surface area contributed by atoms with Gasteiger partial charge in [-0.1, -0.05) is 0 Å². The molecule has 21 heavy (non-hydrogen) atoms. The van der Waals surface area contributed by atoms with Crippen molar-refractivity contribution in [3.63, 3.8) is 0 Å². The molecule has 2 amide bonds. The maximum absolute atomic E-state index is 12.7. The van der Waals surface area contributed by atoms with E-state index in [0.717, 1.165) is 0 Å². The fourth-order valence-corrected chi connectivity index (χ4v) is 1.53. The van der Waals surface area contributed by atoms with Gasteiger partial charge in [0.1, 0.15) is 18.2 Å². The van der Waals surface area contributed by atoms with E-state index < -0.39 is 11.9 Å². The monoisotopic (exact) mass is 319 g/mol. The molecule has 0 bridgehead atoms. The Balaban J connectivity index is 0.00000400. The molecule has 0 aliphatic heterocycles. The molecule has 118 valence electrons. The number of nitrogens with zero attached hydrogens (tertiary/aromatic N) is 1. The Morgan fingerprint density at radius 2 is 1.90 bits per heavy atom. The van der Waals surface area contributed by atoms with Gasteiger partial charge in [-0.3, -0.25) is 9.59 Å². The number of primary amides is 1. The van der Waals surface area contributed by atoms with Crippen molar-refractivity contribution in [3.05, 3.63) is 30.1 Å². The van der Waals surface area contributed by atoms with Crippen molar-refractivity contribution in [2.45, 2.75) is 12.5 Å². The Morgan fingerprint density at radius 3 is 2.43 bits per heavy atom. The second-order valence-electron chi connectivity index (χ2n) is 4.34. The van der Waals surface area contributed by atoms with E-state index in [0.29, 0.717) is 12.3 Å². The number of amides is 2. The summed E-state index contributed by atoms with van der Waals surface area (Å²) in [6, 6.07) is 4.62. The van der Waals surface area contributed by atoms with Crippen LogP contribution >= 0.6 is 12.4 Å². The molecule has 0 saturated heterocycles. The fourth-order valence-electron chi connectivity index (χ4n) is 1.53.